The minimum absolute atomic E-state index is 0.0242. The lowest BCUT2D eigenvalue weighted by Gasteiger charge is -2.48. The fourth-order valence-electron chi connectivity index (χ4n) is 6.26. The molecule has 0 saturated heterocycles. The van der Waals surface area contributed by atoms with Crippen molar-refractivity contribution in [1.82, 2.24) is 4.98 Å². The van der Waals surface area contributed by atoms with Gasteiger partial charge in [0.1, 0.15) is 11.7 Å². The number of aliphatic hydroxyl groups is 3. The molecule has 1 aromatic rings. The average molecular weight is 446 g/mol. The van der Waals surface area contributed by atoms with E-state index < -0.39 is 35.4 Å². The Bertz CT molecular complexity index is 1000. The number of nitrogens with one attached hydrogen (secondary N) is 1. The monoisotopic (exact) mass is 445 g/mol. The number of ether oxygens (including phenoxy) is 2. The highest BCUT2D eigenvalue weighted by molar-refractivity contribution is 5.77. The third-order valence-electron chi connectivity index (χ3n) is 8.11. The standard InChI is InChI=1S/C24H31NO7/c1-11-3-6-14-13(9-11)5-4-12(2)17(14)23(29)32-20-18-15(10-25-22(20)28)24(30)8-7-16(26)19(31-18)21(24)27/h4-5,10-14,16-17,19,21,26-27,30H,3,6-9H2,1-2H3,(H,25,28). The molecule has 0 radical (unpaired) electrons. The smallest absolute Gasteiger partial charge is 0.315 e. The molecular weight excluding hydrogens is 414 g/mol. The number of carbonyl (C=O) groups excluding carboxylic acids is 1. The van der Waals surface area contributed by atoms with E-state index in [1.54, 1.807) is 0 Å². The Kier molecular flexibility index (Phi) is 5.22. The van der Waals surface area contributed by atoms with Crippen molar-refractivity contribution in [3.8, 4) is 11.5 Å². The summed E-state index contributed by atoms with van der Waals surface area (Å²) in [6, 6.07) is 0. The molecule has 8 nitrogen and oxygen atoms in total. The number of aromatic nitrogens is 1. The van der Waals surface area contributed by atoms with Gasteiger partial charge in [-0.2, -0.15) is 0 Å². The maximum Gasteiger partial charge on any atom is 0.315 e. The molecule has 0 spiro atoms. The van der Waals surface area contributed by atoms with E-state index in [-0.39, 0.29) is 47.7 Å². The molecule has 4 N–H and O–H groups in total. The van der Waals surface area contributed by atoms with Gasteiger partial charge in [-0.15, -0.1) is 0 Å². The average Bonchev–Trinajstić information content (AvgIpc) is 2.75. The summed E-state index contributed by atoms with van der Waals surface area (Å²) in [5, 5.41) is 32.0. The van der Waals surface area contributed by atoms with E-state index in [0.717, 1.165) is 19.3 Å². The number of H-pyrrole nitrogens is 1. The minimum Gasteiger partial charge on any atom is -0.480 e. The third kappa shape index (κ3) is 3.23. The number of allylic oxidation sites excluding steroid dienone is 2. The summed E-state index contributed by atoms with van der Waals surface area (Å²) in [6.45, 7) is 4.21. The predicted molar refractivity (Wildman–Crippen MR) is 114 cm³/mol. The molecule has 9 unspecified atom stereocenters. The second-order valence-electron chi connectivity index (χ2n) is 10.2. The van der Waals surface area contributed by atoms with Crippen LogP contribution in [0.5, 0.6) is 11.5 Å². The number of fused-ring (bicyclic) bond motifs is 5. The minimum atomic E-state index is -1.70. The highest BCUT2D eigenvalue weighted by atomic mass is 16.6. The lowest BCUT2D eigenvalue weighted by molar-refractivity contribution is -0.198. The van der Waals surface area contributed by atoms with Crippen molar-refractivity contribution in [1.29, 1.82) is 0 Å². The van der Waals surface area contributed by atoms with Crippen LogP contribution in [0.15, 0.2) is 23.1 Å². The largest absolute Gasteiger partial charge is 0.480 e. The van der Waals surface area contributed by atoms with Gasteiger partial charge in [-0.05, 0) is 49.4 Å². The normalized spacial score (nSPS) is 42.4. The molecule has 1 aromatic heterocycles. The van der Waals surface area contributed by atoms with E-state index in [1.165, 1.54) is 6.20 Å². The van der Waals surface area contributed by atoms with E-state index in [4.69, 9.17) is 9.47 Å². The van der Waals surface area contributed by atoms with Crippen LogP contribution in [-0.2, 0) is 10.4 Å². The number of hydrogen-bond acceptors (Lipinski definition) is 7. The van der Waals surface area contributed by atoms with Crippen molar-refractivity contribution >= 4 is 5.97 Å². The van der Waals surface area contributed by atoms with Crippen molar-refractivity contribution in [2.24, 2.45) is 29.6 Å². The van der Waals surface area contributed by atoms with Crippen LogP contribution in [0.1, 0.15) is 51.5 Å². The van der Waals surface area contributed by atoms with Crippen LogP contribution in [0.4, 0.5) is 0 Å². The molecule has 2 bridgehead atoms. The van der Waals surface area contributed by atoms with Gasteiger partial charge in [0.2, 0.25) is 5.75 Å². The number of aliphatic hydroxyl groups excluding tert-OH is 2. The summed E-state index contributed by atoms with van der Waals surface area (Å²) in [4.78, 5) is 28.6. The topological polar surface area (TPSA) is 129 Å². The maximum absolute atomic E-state index is 13.4. The highest BCUT2D eigenvalue weighted by Gasteiger charge is 2.55. The zero-order chi connectivity index (χ0) is 22.8. The SMILES string of the molecule is CC1CCC2C(C=CC(C)C2C(=O)Oc2c3c(c[nH]c2=O)C2(O)CCC(O)C(O3)C2O)C1. The Morgan fingerprint density at radius 3 is 2.78 bits per heavy atom. The number of hydrogen-bond donors (Lipinski definition) is 4. The van der Waals surface area contributed by atoms with Gasteiger partial charge in [-0.25, -0.2) is 0 Å². The summed E-state index contributed by atoms with van der Waals surface area (Å²) >= 11 is 0. The molecule has 5 rings (SSSR count). The van der Waals surface area contributed by atoms with E-state index in [0.29, 0.717) is 11.8 Å². The first-order valence-electron chi connectivity index (χ1n) is 11.6. The first-order valence-corrected chi connectivity index (χ1v) is 11.6. The molecular formula is C24H31NO7. The molecule has 0 aromatic carbocycles. The highest BCUT2D eigenvalue weighted by Crippen LogP contribution is 2.50. The van der Waals surface area contributed by atoms with Gasteiger partial charge in [0.25, 0.3) is 5.56 Å². The van der Waals surface area contributed by atoms with Crippen molar-refractivity contribution < 1.29 is 29.6 Å². The van der Waals surface area contributed by atoms with Gasteiger partial charge in [0.05, 0.1) is 12.0 Å². The maximum atomic E-state index is 13.4. The van der Waals surface area contributed by atoms with Crippen LogP contribution in [0.3, 0.4) is 0 Å². The van der Waals surface area contributed by atoms with E-state index >= 15 is 0 Å². The van der Waals surface area contributed by atoms with Crippen molar-refractivity contribution in [2.75, 3.05) is 0 Å². The number of carbonyl (C=O) groups is 1. The Morgan fingerprint density at radius 1 is 1.22 bits per heavy atom. The van der Waals surface area contributed by atoms with Gasteiger partial charge >= 0.3 is 5.97 Å². The molecule has 2 saturated carbocycles. The van der Waals surface area contributed by atoms with E-state index in [9.17, 15) is 24.9 Å². The molecule has 2 heterocycles. The fraction of sp³-hybridized carbons (Fsp3) is 0.667. The van der Waals surface area contributed by atoms with Crippen LogP contribution >= 0.6 is 0 Å². The van der Waals surface area contributed by atoms with Crippen LogP contribution in [0.2, 0.25) is 0 Å². The lowest BCUT2D eigenvalue weighted by Crippen LogP contribution is -2.60. The van der Waals surface area contributed by atoms with Gasteiger partial charge in [-0.1, -0.05) is 32.4 Å². The molecule has 32 heavy (non-hydrogen) atoms. The summed E-state index contributed by atoms with van der Waals surface area (Å²) in [7, 11) is 0. The molecule has 0 amide bonds. The molecule has 3 aliphatic carbocycles. The van der Waals surface area contributed by atoms with Crippen molar-refractivity contribution in [2.45, 2.75) is 69.9 Å². The zero-order valence-electron chi connectivity index (χ0n) is 18.4. The van der Waals surface area contributed by atoms with Crippen LogP contribution in [-0.4, -0.2) is 44.6 Å². The Labute approximate surface area is 186 Å². The summed E-state index contributed by atoms with van der Waals surface area (Å²) in [5.41, 5.74) is -2.19. The Morgan fingerprint density at radius 2 is 2.00 bits per heavy atom. The van der Waals surface area contributed by atoms with Crippen LogP contribution < -0.4 is 15.0 Å². The van der Waals surface area contributed by atoms with E-state index in [2.05, 4.69) is 24.1 Å². The Balaban J connectivity index is 1.49. The molecule has 9 atom stereocenters. The number of pyridine rings is 1. The van der Waals surface area contributed by atoms with Gasteiger partial charge < -0.3 is 29.8 Å². The van der Waals surface area contributed by atoms with Crippen LogP contribution in [0.25, 0.3) is 0 Å². The molecule has 8 heteroatoms. The third-order valence-corrected chi connectivity index (χ3v) is 8.11. The predicted octanol–water partition coefficient (Wildman–Crippen LogP) is 1.62. The van der Waals surface area contributed by atoms with Crippen LogP contribution in [0, 0.1) is 29.6 Å². The van der Waals surface area contributed by atoms with E-state index in [1.807, 2.05) is 6.92 Å². The number of rotatable bonds is 2. The van der Waals surface area contributed by atoms with Crippen molar-refractivity contribution in [3.63, 3.8) is 0 Å². The quantitative estimate of drug-likeness (QED) is 0.402. The summed E-state index contributed by atoms with van der Waals surface area (Å²) in [6.07, 6.45) is 5.44. The number of esters is 1. The number of aromatic amines is 1. The summed E-state index contributed by atoms with van der Waals surface area (Å²) in [5.74, 6) is -0.202. The van der Waals surface area contributed by atoms with Gasteiger partial charge in [-0.3, -0.25) is 9.59 Å². The molecule has 2 fully saturated rings. The summed E-state index contributed by atoms with van der Waals surface area (Å²) < 4.78 is 11.5. The van der Waals surface area contributed by atoms with Gasteiger partial charge in [0, 0.05) is 11.8 Å². The first kappa shape index (κ1) is 21.7. The fourth-order valence-corrected chi connectivity index (χ4v) is 6.26. The molecule has 4 aliphatic rings. The molecule has 174 valence electrons. The molecule has 1 aliphatic heterocycles. The first-order chi connectivity index (χ1) is 15.2. The zero-order valence-corrected chi connectivity index (χ0v) is 18.4. The Hall–Kier alpha value is -2.16. The van der Waals surface area contributed by atoms with Gasteiger partial charge in [0.15, 0.2) is 11.9 Å². The lowest BCUT2D eigenvalue weighted by atomic mass is 9.63. The van der Waals surface area contributed by atoms with Crippen molar-refractivity contribution in [3.05, 3.63) is 34.3 Å². The second kappa shape index (κ2) is 7.71. The second-order valence-corrected chi connectivity index (χ2v) is 10.2.